The zero-order valence-electron chi connectivity index (χ0n) is 11.5. The highest BCUT2D eigenvalue weighted by Crippen LogP contribution is 2.18. The molecule has 0 N–H and O–H groups in total. The fraction of sp³-hybridized carbons (Fsp3) is 0.846. The smallest absolute Gasteiger partial charge is 0.409 e. The van der Waals surface area contributed by atoms with Gasteiger partial charge < -0.3 is 14.4 Å². The average Bonchev–Trinajstić information content (AvgIpc) is 2.36. The predicted octanol–water partition coefficient (Wildman–Crippen LogP) is 2.05. The highest BCUT2D eigenvalue weighted by atomic mass is 16.6. The molecule has 1 rings (SSSR count). The van der Waals surface area contributed by atoms with Crippen LogP contribution in [-0.4, -0.2) is 43.3 Å². The summed E-state index contributed by atoms with van der Waals surface area (Å²) in [5.74, 6) is -0.0937. The lowest BCUT2D eigenvalue weighted by atomic mass is 9.99. The fourth-order valence-corrected chi connectivity index (χ4v) is 1.92. The SMILES string of the molecule is CCOC(=O)[C@@H]1CCCN(C(=O)OCC(C)C)C1. The summed E-state index contributed by atoms with van der Waals surface area (Å²) in [6, 6.07) is 0. The highest BCUT2D eigenvalue weighted by Gasteiger charge is 2.30. The van der Waals surface area contributed by atoms with E-state index < -0.39 is 0 Å². The molecule has 0 radical (unpaired) electrons. The summed E-state index contributed by atoms with van der Waals surface area (Å²) in [7, 11) is 0. The molecule has 5 heteroatoms. The summed E-state index contributed by atoms with van der Waals surface area (Å²) in [6.45, 7) is 7.64. The van der Waals surface area contributed by atoms with Crippen molar-refractivity contribution in [2.24, 2.45) is 11.8 Å². The van der Waals surface area contributed by atoms with E-state index in [4.69, 9.17) is 9.47 Å². The molecule has 0 aromatic heterocycles. The van der Waals surface area contributed by atoms with E-state index in [0.717, 1.165) is 12.8 Å². The monoisotopic (exact) mass is 257 g/mol. The lowest BCUT2D eigenvalue weighted by Crippen LogP contribution is -2.43. The van der Waals surface area contributed by atoms with Crippen LogP contribution in [0.15, 0.2) is 0 Å². The molecule has 18 heavy (non-hydrogen) atoms. The maximum Gasteiger partial charge on any atom is 0.409 e. The number of amides is 1. The number of ether oxygens (including phenoxy) is 2. The van der Waals surface area contributed by atoms with Crippen LogP contribution in [0.1, 0.15) is 33.6 Å². The van der Waals surface area contributed by atoms with Gasteiger partial charge in [-0.2, -0.15) is 0 Å². The minimum atomic E-state index is -0.322. The van der Waals surface area contributed by atoms with Gasteiger partial charge in [-0.15, -0.1) is 0 Å². The molecule has 1 atom stereocenters. The van der Waals surface area contributed by atoms with E-state index in [1.54, 1.807) is 11.8 Å². The first-order valence-corrected chi connectivity index (χ1v) is 6.63. The molecule has 0 aromatic carbocycles. The van der Waals surface area contributed by atoms with Gasteiger partial charge in [0.15, 0.2) is 0 Å². The molecule has 0 aliphatic carbocycles. The van der Waals surface area contributed by atoms with Crippen LogP contribution in [0.2, 0.25) is 0 Å². The number of nitrogens with zero attached hydrogens (tertiary/aromatic N) is 1. The van der Waals surface area contributed by atoms with Crippen LogP contribution in [-0.2, 0) is 14.3 Å². The Morgan fingerprint density at radius 3 is 2.67 bits per heavy atom. The Bertz CT molecular complexity index is 291. The van der Waals surface area contributed by atoms with Crippen LogP contribution in [0.5, 0.6) is 0 Å². The second kappa shape index (κ2) is 7.24. The number of carbonyl (C=O) groups is 2. The number of hydrogen-bond acceptors (Lipinski definition) is 4. The van der Waals surface area contributed by atoms with Crippen LogP contribution in [0.25, 0.3) is 0 Å². The summed E-state index contributed by atoms with van der Waals surface area (Å²) in [4.78, 5) is 25.0. The van der Waals surface area contributed by atoms with Gasteiger partial charge in [0.1, 0.15) is 0 Å². The van der Waals surface area contributed by atoms with Crippen molar-refractivity contribution in [3.63, 3.8) is 0 Å². The van der Waals surface area contributed by atoms with E-state index in [1.165, 1.54) is 0 Å². The van der Waals surface area contributed by atoms with Crippen LogP contribution in [0.3, 0.4) is 0 Å². The molecular weight excluding hydrogens is 234 g/mol. The second-order valence-electron chi connectivity index (χ2n) is 5.01. The lowest BCUT2D eigenvalue weighted by molar-refractivity contribution is -0.149. The molecule has 1 aliphatic rings. The Labute approximate surface area is 108 Å². The Hall–Kier alpha value is -1.26. The first kappa shape index (κ1) is 14.8. The number of hydrogen-bond donors (Lipinski definition) is 0. The van der Waals surface area contributed by atoms with Gasteiger partial charge in [0.2, 0.25) is 0 Å². The molecule has 1 aliphatic heterocycles. The van der Waals surface area contributed by atoms with E-state index in [9.17, 15) is 9.59 Å². The largest absolute Gasteiger partial charge is 0.466 e. The van der Waals surface area contributed by atoms with Gasteiger partial charge in [-0.25, -0.2) is 4.79 Å². The first-order chi connectivity index (χ1) is 8.54. The molecule has 0 saturated carbocycles. The van der Waals surface area contributed by atoms with Crippen LogP contribution >= 0.6 is 0 Å². The van der Waals surface area contributed by atoms with Crippen molar-refractivity contribution in [1.29, 1.82) is 0 Å². The Morgan fingerprint density at radius 2 is 2.06 bits per heavy atom. The lowest BCUT2D eigenvalue weighted by Gasteiger charge is -2.30. The van der Waals surface area contributed by atoms with Gasteiger partial charge in [0.05, 0.1) is 19.1 Å². The molecule has 1 fully saturated rings. The summed E-state index contributed by atoms with van der Waals surface area (Å²) in [5, 5.41) is 0. The summed E-state index contributed by atoms with van der Waals surface area (Å²) >= 11 is 0. The van der Waals surface area contributed by atoms with E-state index in [-0.39, 0.29) is 18.0 Å². The third-order valence-electron chi connectivity index (χ3n) is 2.84. The van der Waals surface area contributed by atoms with Crippen LogP contribution in [0, 0.1) is 11.8 Å². The van der Waals surface area contributed by atoms with E-state index in [1.807, 2.05) is 13.8 Å². The maximum atomic E-state index is 11.8. The third kappa shape index (κ3) is 4.55. The van der Waals surface area contributed by atoms with Crippen molar-refractivity contribution >= 4 is 12.1 Å². The zero-order valence-corrected chi connectivity index (χ0v) is 11.5. The highest BCUT2D eigenvalue weighted by molar-refractivity contribution is 5.74. The van der Waals surface area contributed by atoms with Gasteiger partial charge in [-0.1, -0.05) is 13.8 Å². The minimum absolute atomic E-state index is 0.203. The van der Waals surface area contributed by atoms with E-state index >= 15 is 0 Å². The van der Waals surface area contributed by atoms with Gasteiger partial charge in [-0.05, 0) is 25.7 Å². The summed E-state index contributed by atoms with van der Waals surface area (Å²) in [5.41, 5.74) is 0. The van der Waals surface area contributed by atoms with Gasteiger partial charge in [0, 0.05) is 13.1 Å². The molecule has 1 amide bonds. The third-order valence-corrected chi connectivity index (χ3v) is 2.84. The molecule has 1 heterocycles. The normalized spacial score (nSPS) is 19.8. The van der Waals surface area contributed by atoms with Crippen molar-refractivity contribution in [1.82, 2.24) is 4.90 Å². The molecular formula is C13H23NO4. The van der Waals surface area contributed by atoms with Gasteiger partial charge in [-0.3, -0.25) is 4.79 Å². The first-order valence-electron chi connectivity index (χ1n) is 6.63. The predicted molar refractivity (Wildman–Crippen MR) is 67.1 cm³/mol. The number of piperidine rings is 1. The number of esters is 1. The molecule has 0 aromatic rings. The van der Waals surface area contributed by atoms with Crippen LogP contribution in [0.4, 0.5) is 4.79 Å². The molecule has 104 valence electrons. The Kier molecular flexibility index (Phi) is 5.95. The average molecular weight is 257 g/mol. The standard InChI is InChI=1S/C13H23NO4/c1-4-17-12(15)11-6-5-7-14(8-11)13(16)18-9-10(2)3/h10-11H,4-9H2,1-3H3/t11-/m1/s1. The van der Waals surface area contributed by atoms with Crippen molar-refractivity contribution in [3.8, 4) is 0 Å². The van der Waals surface area contributed by atoms with Crippen molar-refractivity contribution in [3.05, 3.63) is 0 Å². The Balaban J connectivity index is 2.42. The summed E-state index contributed by atoms with van der Waals surface area (Å²) < 4.78 is 10.2. The van der Waals surface area contributed by atoms with Crippen LogP contribution < -0.4 is 0 Å². The topological polar surface area (TPSA) is 55.8 Å². The molecule has 0 spiro atoms. The van der Waals surface area contributed by atoms with Gasteiger partial charge >= 0.3 is 12.1 Å². The van der Waals surface area contributed by atoms with Crippen molar-refractivity contribution in [2.75, 3.05) is 26.3 Å². The Morgan fingerprint density at radius 1 is 1.33 bits per heavy atom. The van der Waals surface area contributed by atoms with E-state index in [0.29, 0.717) is 32.2 Å². The number of likely N-dealkylation sites (tertiary alicyclic amines) is 1. The summed E-state index contributed by atoms with van der Waals surface area (Å²) in [6.07, 6.45) is 1.28. The van der Waals surface area contributed by atoms with Crippen molar-refractivity contribution < 1.29 is 19.1 Å². The van der Waals surface area contributed by atoms with E-state index in [2.05, 4.69) is 0 Å². The molecule has 0 unspecified atom stereocenters. The van der Waals surface area contributed by atoms with Crippen molar-refractivity contribution in [2.45, 2.75) is 33.6 Å². The molecule has 1 saturated heterocycles. The zero-order chi connectivity index (χ0) is 13.5. The number of rotatable bonds is 4. The second-order valence-corrected chi connectivity index (χ2v) is 5.01. The van der Waals surface area contributed by atoms with Gasteiger partial charge in [0.25, 0.3) is 0 Å². The quantitative estimate of drug-likeness (QED) is 0.723. The fourth-order valence-electron chi connectivity index (χ4n) is 1.92. The molecule has 5 nitrogen and oxygen atoms in total. The number of carbonyl (C=O) groups excluding carboxylic acids is 2. The maximum absolute atomic E-state index is 11.8. The minimum Gasteiger partial charge on any atom is -0.466 e. The molecule has 0 bridgehead atoms.